The summed E-state index contributed by atoms with van der Waals surface area (Å²) in [4.78, 5) is 0. The molecular formula is C15H18N. The second kappa shape index (κ2) is 3.65. The predicted molar refractivity (Wildman–Crippen MR) is 68.6 cm³/mol. The van der Waals surface area contributed by atoms with Gasteiger partial charge in [0.1, 0.15) is 0 Å². The van der Waals surface area contributed by atoms with Gasteiger partial charge in [-0.3, -0.25) is 0 Å². The Bertz CT molecular complexity index is 515. The molecule has 1 radical (unpaired) electrons. The summed E-state index contributed by atoms with van der Waals surface area (Å²) in [5.74, 6) is 0.791. The van der Waals surface area contributed by atoms with E-state index < -0.39 is 0 Å². The van der Waals surface area contributed by atoms with Crippen molar-refractivity contribution in [2.24, 2.45) is 7.05 Å². The first-order chi connectivity index (χ1) is 7.75. The topological polar surface area (TPSA) is 4.93 Å². The van der Waals surface area contributed by atoms with Crippen LogP contribution in [0.1, 0.15) is 42.7 Å². The van der Waals surface area contributed by atoms with E-state index in [-0.39, 0.29) is 0 Å². The van der Waals surface area contributed by atoms with Gasteiger partial charge in [0.25, 0.3) is 0 Å². The van der Waals surface area contributed by atoms with E-state index in [9.17, 15) is 0 Å². The molecule has 0 amide bonds. The Labute approximate surface area is 97.1 Å². The van der Waals surface area contributed by atoms with Crippen molar-refractivity contribution in [3.8, 4) is 0 Å². The highest BCUT2D eigenvalue weighted by Crippen LogP contribution is 2.38. The highest BCUT2D eigenvalue weighted by molar-refractivity contribution is 5.85. The van der Waals surface area contributed by atoms with Crippen molar-refractivity contribution in [3.63, 3.8) is 0 Å². The molecule has 0 atom stereocenters. The van der Waals surface area contributed by atoms with Crippen molar-refractivity contribution < 1.29 is 0 Å². The fourth-order valence-corrected chi connectivity index (χ4v) is 3.02. The lowest BCUT2D eigenvalue weighted by atomic mass is 9.97. The molecule has 1 nitrogen and oxygen atoms in total. The molecule has 2 aromatic rings. The molecule has 1 aliphatic carbocycles. The summed E-state index contributed by atoms with van der Waals surface area (Å²) in [7, 11) is 2.14. The number of nitrogens with zero attached hydrogens (tertiary/aromatic N) is 1. The third-order valence-electron chi connectivity index (χ3n) is 3.88. The average molecular weight is 212 g/mol. The van der Waals surface area contributed by atoms with Crippen LogP contribution in [-0.2, 0) is 7.05 Å². The Morgan fingerprint density at radius 3 is 2.75 bits per heavy atom. The molecule has 1 heteroatoms. The number of hydrogen-bond donors (Lipinski definition) is 0. The Morgan fingerprint density at radius 1 is 1.25 bits per heavy atom. The quantitative estimate of drug-likeness (QED) is 0.673. The number of hydrogen-bond acceptors (Lipinski definition) is 0. The van der Waals surface area contributed by atoms with Crippen LogP contribution in [0.5, 0.6) is 0 Å². The number of aryl methyl sites for hydroxylation is 1. The van der Waals surface area contributed by atoms with E-state index in [1.165, 1.54) is 36.6 Å². The van der Waals surface area contributed by atoms with Gasteiger partial charge >= 0.3 is 0 Å². The van der Waals surface area contributed by atoms with E-state index in [0.29, 0.717) is 0 Å². The smallest absolute Gasteiger partial charge is 0.0483 e. The van der Waals surface area contributed by atoms with Crippen molar-refractivity contribution in [3.05, 3.63) is 42.4 Å². The average Bonchev–Trinajstić information content (AvgIpc) is 2.87. The van der Waals surface area contributed by atoms with Crippen LogP contribution in [0.2, 0.25) is 0 Å². The summed E-state index contributed by atoms with van der Waals surface area (Å²) in [5.41, 5.74) is 3.98. The van der Waals surface area contributed by atoms with Gasteiger partial charge in [0.05, 0.1) is 0 Å². The number of benzene rings is 1. The largest absolute Gasteiger partial charge is 0.350 e. The Kier molecular flexibility index (Phi) is 2.27. The molecule has 1 fully saturated rings. The van der Waals surface area contributed by atoms with Crippen molar-refractivity contribution >= 4 is 10.9 Å². The number of fused-ring (bicyclic) bond motifs is 1. The van der Waals surface area contributed by atoms with Gasteiger partial charge in [-0.1, -0.05) is 25.0 Å². The van der Waals surface area contributed by atoms with Crippen molar-refractivity contribution in [2.75, 3.05) is 0 Å². The van der Waals surface area contributed by atoms with E-state index in [1.54, 1.807) is 5.56 Å². The second-order valence-electron chi connectivity index (χ2n) is 5.03. The Morgan fingerprint density at radius 2 is 2.00 bits per heavy atom. The third kappa shape index (κ3) is 1.46. The molecule has 0 bridgehead atoms. The molecule has 1 aromatic heterocycles. The molecule has 1 aromatic carbocycles. The van der Waals surface area contributed by atoms with Gasteiger partial charge in [0, 0.05) is 24.1 Å². The predicted octanol–water partition coefficient (Wildman–Crippen LogP) is 4.02. The number of aromatic nitrogens is 1. The van der Waals surface area contributed by atoms with Crippen LogP contribution in [0.4, 0.5) is 0 Å². The molecule has 83 valence electrons. The minimum atomic E-state index is 0.791. The first kappa shape index (κ1) is 9.95. The van der Waals surface area contributed by atoms with Crippen molar-refractivity contribution in [2.45, 2.75) is 31.6 Å². The molecule has 1 aliphatic rings. The number of rotatable bonds is 1. The van der Waals surface area contributed by atoms with Gasteiger partial charge in [-0.05, 0) is 42.9 Å². The molecule has 3 rings (SSSR count). The standard InChI is InChI=1S/C15H18N/c1-11-7-8-13-14(12-5-3-4-6-12)10-16(2)15(13)9-11/h7-10,12H,1,3-6H2,2H3. The summed E-state index contributed by atoms with van der Waals surface area (Å²) in [6.45, 7) is 4.01. The highest BCUT2D eigenvalue weighted by atomic mass is 14.9. The van der Waals surface area contributed by atoms with E-state index in [2.05, 4.69) is 42.9 Å². The maximum absolute atomic E-state index is 4.01. The normalized spacial score (nSPS) is 17.4. The van der Waals surface area contributed by atoms with E-state index >= 15 is 0 Å². The zero-order valence-corrected chi connectivity index (χ0v) is 9.87. The van der Waals surface area contributed by atoms with Gasteiger partial charge in [0.2, 0.25) is 0 Å². The van der Waals surface area contributed by atoms with Gasteiger partial charge < -0.3 is 4.57 Å². The molecular weight excluding hydrogens is 194 g/mol. The molecule has 0 unspecified atom stereocenters. The minimum absolute atomic E-state index is 0.791. The summed E-state index contributed by atoms with van der Waals surface area (Å²) in [6.07, 6.45) is 7.85. The van der Waals surface area contributed by atoms with Gasteiger partial charge in [-0.25, -0.2) is 0 Å². The first-order valence-corrected chi connectivity index (χ1v) is 6.16. The van der Waals surface area contributed by atoms with Crippen LogP contribution in [0.15, 0.2) is 24.4 Å². The van der Waals surface area contributed by atoms with Crippen LogP contribution >= 0.6 is 0 Å². The molecule has 1 heterocycles. The van der Waals surface area contributed by atoms with Crippen molar-refractivity contribution in [1.29, 1.82) is 0 Å². The summed E-state index contributed by atoms with van der Waals surface area (Å²) in [6, 6.07) is 6.56. The highest BCUT2D eigenvalue weighted by Gasteiger charge is 2.20. The maximum atomic E-state index is 4.01. The van der Waals surface area contributed by atoms with Crippen LogP contribution in [-0.4, -0.2) is 4.57 Å². The summed E-state index contributed by atoms with van der Waals surface area (Å²) in [5, 5.41) is 1.43. The van der Waals surface area contributed by atoms with Crippen LogP contribution in [0.25, 0.3) is 10.9 Å². The zero-order chi connectivity index (χ0) is 11.1. The molecule has 0 saturated heterocycles. The summed E-state index contributed by atoms with van der Waals surface area (Å²) >= 11 is 0. The van der Waals surface area contributed by atoms with Crippen LogP contribution < -0.4 is 0 Å². The molecule has 1 saturated carbocycles. The van der Waals surface area contributed by atoms with Crippen LogP contribution in [0, 0.1) is 6.92 Å². The van der Waals surface area contributed by atoms with Crippen molar-refractivity contribution in [1.82, 2.24) is 4.57 Å². The molecule has 16 heavy (non-hydrogen) atoms. The summed E-state index contributed by atoms with van der Waals surface area (Å²) < 4.78 is 2.25. The van der Waals surface area contributed by atoms with Gasteiger partial charge in [-0.2, -0.15) is 0 Å². The minimum Gasteiger partial charge on any atom is -0.350 e. The van der Waals surface area contributed by atoms with Crippen LogP contribution in [0.3, 0.4) is 0 Å². The maximum Gasteiger partial charge on any atom is 0.0483 e. The van der Waals surface area contributed by atoms with E-state index in [0.717, 1.165) is 11.5 Å². The second-order valence-corrected chi connectivity index (χ2v) is 5.03. The zero-order valence-electron chi connectivity index (χ0n) is 9.87. The molecule has 0 N–H and O–H groups in total. The molecule has 0 aliphatic heterocycles. The van der Waals surface area contributed by atoms with Gasteiger partial charge in [-0.15, -0.1) is 0 Å². The SMILES string of the molecule is [CH2]c1ccc2c(C3CCCC3)cn(C)c2c1. The lowest BCUT2D eigenvalue weighted by Crippen LogP contribution is -1.90. The lowest BCUT2D eigenvalue weighted by Gasteiger charge is -2.06. The van der Waals surface area contributed by atoms with E-state index in [1.807, 2.05) is 0 Å². The Hall–Kier alpha value is -1.24. The lowest BCUT2D eigenvalue weighted by molar-refractivity contribution is 0.724. The third-order valence-corrected chi connectivity index (χ3v) is 3.88. The van der Waals surface area contributed by atoms with E-state index in [4.69, 9.17) is 0 Å². The molecule has 0 spiro atoms. The van der Waals surface area contributed by atoms with Gasteiger partial charge in [0.15, 0.2) is 0 Å². The fraction of sp³-hybridized carbons (Fsp3) is 0.400. The monoisotopic (exact) mass is 212 g/mol. The first-order valence-electron chi connectivity index (χ1n) is 6.16. The Balaban J connectivity index is 2.18. The fourth-order valence-electron chi connectivity index (χ4n) is 3.02.